The van der Waals surface area contributed by atoms with Crippen LogP contribution in [0.1, 0.15) is 52.9 Å². The average Bonchev–Trinajstić information content (AvgIpc) is 3.17. The molecule has 1 saturated carbocycles. The van der Waals surface area contributed by atoms with Crippen molar-refractivity contribution in [1.29, 1.82) is 0 Å². The molecule has 2 rings (SSSR count). The third-order valence-electron chi connectivity index (χ3n) is 4.51. The number of hydrogen-bond acceptors (Lipinski definition) is 4. The highest BCUT2D eigenvalue weighted by Crippen LogP contribution is 2.55. The lowest BCUT2D eigenvalue weighted by atomic mass is 9.82. The molecule has 0 spiro atoms. The fraction of sp³-hybridized carbons (Fsp3) is 0.867. The van der Waals surface area contributed by atoms with E-state index in [0.717, 1.165) is 32.1 Å². The topological polar surface area (TPSA) is 92.9 Å². The lowest BCUT2D eigenvalue weighted by Gasteiger charge is -2.42. The van der Waals surface area contributed by atoms with Crippen molar-refractivity contribution in [2.24, 2.45) is 11.1 Å². The van der Waals surface area contributed by atoms with Crippen molar-refractivity contribution >= 4 is 12.1 Å². The maximum atomic E-state index is 12.4. The summed E-state index contributed by atoms with van der Waals surface area (Å²) in [7, 11) is 0. The van der Waals surface area contributed by atoms with Gasteiger partial charge < -0.3 is 20.5 Å². The number of hydrogen-bond donors (Lipinski definition) is 2. The maximum absolute atomic E-state index is 12.4. The monoisotopic (exact) mass is 298 g/mol. The van der Waals surface area contributed by atoms with Crippen LogP contribution in [0.2, 0.25) is 0 Å². The number of piperidine rings is 1. The first-order chi connectivity index (χ1) is 9.67. The van der Waals surface area contributed by atoms with Crippen LogP contribution in [0.5, 0.6) is 0 Å². The molecule has 2 unspecified atom stereocenters. The SMILES string of the molecule is CC(C)(C)OC(=O)N1CCCCC1C1(C(N)C(=O)O)CC1. The number of carboxylic acid groups (broad SMARTS) is 1. The molecular formula is C15H26N2O4. The van der Waals surface area contributed by atoms with Gasteiger partial charge in [0.05, 0.1) is 0 Å². The number of rotatable bonds is 3. The fourth-order valence-electron chi connectivity index (χ4n) is 3.31. The van der Waals surface area contributed by atoms with Crippen LogP contribution in [0.15, 0.2) is 0 Å². The molecule has 2 fully saturated rings. The van der Waals surface area contributed by atoms with Crippen LogP contribution >= 0.6 is 0 Å². The Bertz CT molecular complexity index is 426. The van der Waals surface area contributed by atoms with Gasteiger partial charge in [0.25, 0.3) is 0 Å². The molecule has 0 aromatic heterocycles. The Morgan fingerprint density at radius 2 is 1.95 bits per heavy atom. The Hall–Kier alpha value is -1.30. The molecule has 1 amide bonds. The van der Waals surface area contributed by atoms with Gasteiger partial charge in [-0.1, -0.05) is 0 Å². The van der Waals surface area contributed by atoms with Gasteiger partial charge in [-0.2, -0.15) is 0 Å². The van der Waals surface area contributed by atoms with E-state index >= 15 is 0 Å². The molecule has 21 heavy (non-hydrogen) atoms. The maximum Gasteiger partial charge on any atom is 0.410 e. The Kier molecular flexibility index (Phi) is 4.19. The van der Waals surface area contributed by atoms with Gasteiger partial charge in [0.1, 0.15) is 11.6 Å². The van der Waals surface area contributed by atoms with Gasteiger partial charge in [-0.15, -0.1) is 0 Å². The summed E-state index contributed by atoms with van der Waals surface area (Å²) in [5.41, 5.74) is 4.88. The summed E-state index contributed by atoms with van der Waals surface area (Å²) in [5, 5.41) is 9.24. The van der Waals surface area contributed by atoms with Crippen LogP contribution in [0.25, 0.3) is 0 Å². The molecular weight excluding hydrogens is 272 g/mol. The van der Waals surface area contributed by atoms with E-state index in [1.165, 1.54) is 0 Å². The Labute approximate surface area is 125 Å². The molecule has 3 N–H and O–H groups in total. The van der Waals surface area contributed by atoms with E-state index in [-0.39, 0.29) is 12.1 Å². The van der Waals surface area contributed by atoms with Crippen molar-refractivity contribution in [1.82, 2.24) is 4.90 Å². The van der Waals surface area contributed by atoms with Crippen molar-refractivity contribution in [2.45, 2.75) is 70.6 Å². The molecule has 6 heteroatoms. The number of amides is 1. The lowest BCUT2D eigenvalue weighted by Crippen LogP contribution is -2.56. The van der Waals surface area contributed by atoms with E-state index in [1.54, 1.807) is 4.90 Å². The molecule has 0 bridgehead atoms. The van der Waals surface area contributed by atoms with Gasteiger partial charge in [0, 0.05) is 18.0 Å². The number of nitrogens with zero attached hydrogens (tertiary/aromatic N) is 1. The standard InChI is InChI=1S/C15H26N2O4/c1-14(2,3)21-13(20)17-9-5-4-6-10(17)15(7-8-15)11(16)12(18)19/h10-11H,4-9,16H2,1-3H3,(H,18,19). The fourth-order valence-corrected chi connectivity index (χ4v) is 3.31. The summed E-state index contributed by atoms with van der Waals surface area (Å²) in [6.07, 6.45) is 3.91. The molecule has 120 valence electrons. The molecule has 1 aliphatic carbocycles. The predicted molar refractivity (Wildman–Crippen MR) is 77.9 cm³/mol. The number of carbonyl (C=O) groups excluding carboxylic acids is 1. The number of likely N-dealkylation sites (tertiary alicyclic amines) is 1. The molecule has 1 saturated heterocycles. The van der Waals surface area contributed by atoms with Crippen LogP contribution in [-0.4, -0.2) is 46.3 Å². The molecule has 2 atom stereocenters. The molecule has 0 radical (unpaired) electrons. The molecule has 6 nitrogen and oxygen atoms in total. The van der Waals surface area contributed by atoms with Gasteiger partial charge in [-0.25, -0.2) is 4.79 Å². The highest BCUT2D eigenvalue weighted by Gasteiger charge is 2.59. The summed E-state index contributed by atoms with van der Waals surface area (Å²) in [6, 6.07) is -1.03. The van der Waals surface area contributed by atoms with Gasteiger partial charge >= 0.3 is 12.1 Å². The van der Waals surface area contributed by atoms with Crippen molar-refractivity contribution < 1.29 is 19.4 Å². The summed E-state index contributed by atoms with van der Waals surface area (Å²) < 4.78 is 5.47. The van der Waals surface area contributed by atoms with Crippen molar-refractivity contribution in [2.75, 3.05) is 6.54 Å². The van der Waals surface area contributed by atoms with E-state index < -0.39 is 23.0 Å². The second kappa shape index (κ2) is 5.48. The van der Waals surface area contributed by atoms with E-state index in [4.69, 9.17) is 10.5 Å². The Balaban J connectivity index is 2.16. The first kappa shape index (κ1) is 16.1. The van der Waals surface area contributed by atoms with Gasteiger partial charge in [0.2, 0.25) is 0 Å². The molecule has 0 aromatic rings. The number of ether oxygens (including phenoxy) is 1. The van der Waals surface area contributed by atoms with Crippen LogP contribution in [0.3, 0.4) is 0 Å². The number of carbonyl (C=O) groups is 2. The van der Waals surface area contributed by atoms with Gasteiger partial charge in [0.15, 0.2) is 0 Å². The van der Waals surface area contributed by atoms with E-state index in [0.29, 0.717) is 6.54 Å². The quantitative estimate of drug-likeness (QED) is 0.831. The largest absolute Gasteiger partial charge is 0.480 e. The first-order valence-electron chi connectivity index (χ1n) is 7.65. The smallest absolute Gasteiger partial charge is 0.410 e. The highest BCUT2D eigenvalue weighted by atomic mass is 16.6. The van der Waals surface area contributed by atoms with Gasteiger partial charge in [-0.05, 0) is 52.9 Å². The number of nitrogens with two attached hydrogens (primary N) is 1. The van der Waals surface area contributed by atoms with Crippen LogP contribution in [0, 0.1) is 5.41 Å². The minimum Gasteiger partial charge on any atom is -0.480 e. The third kappa shape index (κ3) is 3.31. The molecule has 1 heterocycles. The Morgan fingerprint density at radius 1 is 1.33 bits per heavy atom. The zero-order valence-corrected chi connectivity index (χ0v) is 13.1. The zero-order chi connectivity index (χ0) is 15.8. The van der Waals surface area contributed by atoms with E-state index in [9.17, 15) is 14.7 Å². The van der Waals surface area contributed by atoms with Crippen LogP contribution in [0.4, 0.5) is 4.79 Å². The minimum atomic E-state index is -0.984. The zero-order valence-electron chi connectivity index (χ0n) is 13.1. The summed E-state index contributed by atoms with van der Waals surface area (Å²) in [5.74, 6) is -0.984. The van der Waals surface area contributed by atoms with Crippen LogP contribution < -0.4 is 5.73 Å². The van der Waals surface area contributed by atoms with Crippen LogP contribution in [-0.2, 0) is 9.53 Å². The summed E-state index contributed by atoms with van der Waals surface area (Å²) in [6.45, 7) is 6.12. The summed E-state index contributed by atoms with van der Waals surface area (Å²) in [4.78, 5) is 25.4. The molecule has 1 aliphatic heterocycles. The van der Waals surface area contributed by atoms with Crippen molar-refractivity contribution in [3.8, 4) is 0 Å². The third-order valence-corrected chi connectivity index (χ3v) is 4.51. The Morgan fingerprint density at radius 3 is 2.43 bits per heavy atom. The van der Waals surface area contributed by atoms with E-state index in [1.807, 2.05) is 20.8 Å². The number of aliphatic carboxylic acids is 1. The van der Waals surface area contributed by atoms with Crippen molar-refractivity contribution in [3.05, 3.63) is 0 Å². The number of carboxylic acids is 1. The highest BCUT2D eigenvalue weighted by molar-refractivity contribution is 5.76. The lowest BCUT2D eigenvalue weighted by molar-refractivity contribution is -0.141. The minimum absolute atomic E-state index is 0.118. The predicted octanol–water partition coefficient (Wildman–Crippen LogP) is 1.97. The second-order valence-electron chi connectivity index (χ2n) is 7.23. The first-order valence-corrected chi connectivity index (χ1v) is 7.65. The normalized spacial score (nSPS) is 26.1. The average molecular weight is 298 g/mol. The van der Waals surface area contributed by atoms with E-state index in [2.05, 4.69) is 0 Å². The molecule has 0 aromatic carbocycles. The second-order valence-corrected chi connectivity index (χ2v) is 7.23. The van der Waals surface area contributed by atoms with Crippen molar-refractivity contribution in [3.63, 3.8) is 0 Å². The molecule has 2 aliphatic rings. The van der Waals surface area contributed by atoms with Gasteiger partial charge in [-0.3, -0.25) is 4.79 Å². The summed E-state index contributed by atoms with van der Waals surface area (Å²) >= 11 is 0.